The van der Waals surface area contributed by atoms with Crippen molar-refractivity contribution < 1.29 is 17.9 Å². The molecule has 0 bridgehead atoms. The van der Waals surface area contributed by atoms with Crippen molar-refractivity contribution in [1.82, 2.24) is 0 Å². The first-order valence-electron chi connectivity index (χ1n) is 6.06. The van der Waals surface area contributed by atoms with Crippen molar-refractivity contribution >= 4 is 5.90 Å². The van der Waals surface area contributed by atoms with E-state index in [1.807, 2.05) is 0 Å². The smallest absolute Gasteiger partial charge is 0.416 e. The number of benzene rings is 1. The van der Waals surface area contributed by atoms with E-state index < -0.39 is 11.7 Å². The van der Waals surface area contributed by atoms with Gasteiger partial charge in [-0.1, -0.05) is 18.2 Å². The fourth-order valence-electron chi connectivity index (χ4n) is 2.02. The maximum absolute atomic E-state index is 12.8. The topological polar surface area (TPSA) is 47.6 Å². The summed E-state index contributed by atoms with van der Waals surface area (Å²) in [5.41, 5.74) is 4.95. The third kappa shape index (κ3) is 3.47. The SMILES string of the molecule is NCCC1CN=C(Cc2ccccc2C(F)(F)F)O1. The summed E-state index contributed by atoms with van der Waals surface area (Å²) in [6, 6.07) is 5.48. The Labute approximate surface area is 109 Å². The Morgan fingerprint density at radius 1 is 1.32 bits per heavy atom. The molecule has 0 saturated heterocycles. The van der Waals surface area contributed by atoms with Gasteiger partial charge in [0.05, 0.1) is 12.1 Å². The molecule has 0 radical (unpaired) electrons. The quantitative estimate of drug-likeness (QED) is 0.914. The molecule has 1 heterocycles. The molecular weight excluding hydrogens is 257 g/mol. The largest absolute Gasteiger partial charge is 0.475 e. The van der Waals surface area contributed by atoms with Crippen LogP contribution in [-0.4, -0.2) is 25.1 Å². The number of hydrogen-bond donors (Lipinski definition) is 1. The normalized spacial score (nSPS) is 19.2. The van der Waals surface area contributed by atoms with Gasteiger partial charge in [-0.25, -0.2) is 0 Å². The van der Waals surface area contributed by atoms with Crippen molar-refractivity contribution in [2.75, 3.05) is 13.1 Å². The van der Waals surface area contributed by atoms with E-state index in [1.54, 1.807) is 6.07 Å². The number of hydrogen-bond acceptors (Lipinski definition) is 3. The summed E-state index contributed by atoms with van der Waals surface area (Å²) < 4.78 is 43.9. The van der Waals surface area contributed by atoms with E-state index in [-0.39, 0.29) is 18.1 Å². The number of ether oxygens (including phenoxy) is 1. The minimum absolute atomic E-state index is 0.0662. The first-order chi connectivity index (χ1) is 9.00. The molecule has 2 rings (SSSR count). The summed E-state index contributed by atoms with van der Waals surface area (Å²) in [5, 5.41) is 0. The second-order valence-corrected chi connectivity index (χ2v) is 4.38. The third-order valence-electron chi connectivity index (χ3n) is 2.93. The fourth-order valence-corrected chi connectivity index (χ4v) is 2.02. The Morgan fingerprint density at radius 2 is 2.05 bits per heavy atom. The van der Waals surface area contributed by atoms with Gasteiger partial charge in [0.1, 0.15) is 6.10 Å². The van der Waals surface area contributed by atoms with Crippen molar-refractivity contribution in [3.63, 3.8) is 0 Å². The van der Waals surface area contributed by atoms with E-state index in [0.717, 1.165) is 6.07 Å². The lowest BCUT2D eigenvalue weighted by Crippen LogP contribution is -2.19. The molecule has 1 aromatic carbocycles. The third-order valence-corrected chi connectivity index (χ3v) is 2.93. The molecule has 0 fully saturated rings. The highest BCUT2D eigenvalue weighted by Crippen LogP contribution is 2.32. The zero-order chi connectivity index (χ0) is 13.9. The second kappa shape index (κ2) is 5.61. The molecule has 0 saturated carbocycles. The average Bonchev–Trinajstić information content (AvgIpc) is 2.76. The van der Waals surface area contributed by atoms with Gasteiger partial charge >= 0.3 is 6.18 Å². The van der Waals surface area contributed by atoms with Crippen LogP contribution in [0.1, 0.15) is 17.5 Å². The summed E-state index contributed by atoms with van der Waals surface area (Å²) >= 11 is 0. The van der Waals surface area contributed by atoms with Gasteiger partial charge in [0, 0.05) is 6.42 Å². The maximum Gasteiger partial charge on any atom is 0.416 e. The zero-order valence-electron chi connectivity index (χ0n) is 10.3. The Bertz CT molecular complexity index is 471. The molecule has 0 aromatic heterocycles. The molecule has 1 unspecified atom stereocenters. The van der Waals surface area contributed by atoms with E-state index in [4.69, 9.17) is 10.5 Å². The van der Waals surface area contributed by atoms with Crippen LogP contribution in [0.3, 0.4) is 0 Å². The van der Waals surface area contributed by atoms with E-state index in [1.165, 1.54) is 12.1 Å². The number of aliphatic imine (C=N–C) groups is 1. The van der Waals surface area contributed by atoms with Gasteiger partial charge in [-0.3, -0.25) is 4.99 Å². The van der Waals surface area contributed by atoms with Gasteiger partial charge in [0.15, 0.2) is 5.90 Å². The summed E-state index contributed by atoms with van der Waals surface area (Å²) in [4.78, 5) is 4.13. The van der Waals surface area contributed by atoms with Crippen LogP contribution in [0.5, 0.6) is 0 Å². The van der Waals surface area contributed by atoms with Crippen LogP contribution in [0.15, 0.2) is 29.3 Å². The van der Waals surface area contributed by atoms with Crippen molar-refractivity contribution in [3.8, 4) is 0 Å². The van der Waals surface area contributed by atoms with Crippen molar-refractivity contribution in [2.24, 2.45) is 10.7 Å². The summed E-state index contributed by atoms with van der Waals surface area (Å²) in [7, 11) is 0. The number of nitrogens with zero attached hydrogens (tertiary/aromatic N) is 1. The molecule has 2 N–H and O–H groups in total. The summed E-state index contributed by atoms with van der Waals surface area (Å²) in [6.07, 6.45) is -3.73. The fraction of sp³-hybridized carbons (Fsp3) is 0.462. The summed E-state index contributed by atoms with van der Waals surface area (Å²) in [5.74, 6) is 0.357. The maximum atomic E-state index is 12.8. The lowest BCUT2D eigenvalue weighted by atomic mass is 10.0. The van der Waals surface area contributed by atoms with Crippen LogP contribution in [0.4, 0.5) is 13.2 Å². The van der Waals surface area contributed by atoms with Crippen LogP contribution in [0.25, 0.3) is 0 Å². The van der Waals surface area contributed by atoms with Gasteiger partial charge < -0.3 is 10.5 Å². The molecule has 1 aromatic rings. The van der Waals surface area contributed by atoms with Crippen LogP contribution in [0, 0.1) is 0 Å². The standard InChI is InChI=1S/C13H15F3N2O/c14-13(15,16)11-4-2-1-3-9(11)7-12-18-8-10(19-12)5-6-17/h1-4,10H,5-8,17H2. The summed E-state index contributed by atoms with van der Waals surface area (Å²) in [6.45, 7) is 0.952. The predicted molar refractivity (Wildman–Crippen MR) is 66.0 cm³/mol. The Kier molecular flexibility index (Phi) is 4.09. The first-order valence-corrected chi connectivity index (χ1v) is 6.06. The van der Waals surface area contributed by atoms with Gasteiger partial charge in [-0.2, -0.15) is 13.2 Å². The van der Waals surface area contributed by atoms with Crippen LogP contribution in [-0.2, 0) is 17.3 Å². The van der Waals surface area contributed by atoms with E-state index >= 15 is 0 Å². The highest BCUT2D eigenvalue weighted by Gasteiger charge is 2.33. The number of alkyl halides is 3. The Morgan fingerprint density at radius 3 is 2.74 bits per heavy atom. The highest BCUT2D eigenvalue weighted by molar-refractivity contribution is 5.80. The molecule has 1 aliphatic rings. The number of rotatable bonds is 4. The molecule has 1 aliphatic heterocycles. The molecule has 19 heavy (non-hydrogen) atoms. The Hall–Kier alpha value is -1.56. The predicted octanol–water partition coefficient (Wildman–Crippen LogP) is 2.39. The van der Waals surface area contributed by atoms with Gasteiger partial charge in [-0.15, -0.1) is 0 Å². The lowest BCUT2D eigenvalue weighted by Gasteiger charge is -2.13. The van der Waals surface area contributed by atoms with Gasteiger partial charge in [0.2, 0.25) is 0 Å². The van der Waals surface area contributed by atoms with Gasteiger partial charge in [-0.05, 0) is 24.6 Å². The van der Waals surface area contributed by atoms with Crippen LogP contribution < -0.4 is 5.73 Å². The average molecular weight is 272 g/mol. The van der Waals surface area contributed by atoms with Crippen molar-refractivity contribution in [3.05, 3.63) is 35.4 Å². The molecular formula is C13H15F3N2O. The van der Waals surface area contributed by atoms with E-state index in [0.29, 0.717) is 25.4 Å². The highest BCUT2D eigenvalue weighted by atomic mass is 19.4. The number of nitrogens with two attached hydrogens (primary N) is 1. The van der Waals surface area contributed by atoms with Crippen molar-refractivity contribution in [1.29, 1.82) is 0 Å². The van der Waals surface area contributed by atoms with Crippen molar-refractivity contribution in [2.45, 2.75) is 25.1 Å². The minimum atomic E-state index is -4.35. The van der Waals surface area contributed by atoms with Crippen LogP contribution in [0.2, 0.25) is 0 Å². The molecule has 0 spiro atoms. The molecule has 3 nitrogen and oxygen atoms in total. The van der Waals surface area contributed by atoms with Gasteiger partial charge in [0.25, 0.3) is 0 Å². The Balaban J connectivity index is 2.09. The van der Waals surface area contributed by atoms with Crippen LogP contribution >= 0.6 is 0 Å². The molecule has 0 aliphatic carbocycles. The number of halogens is 3. The van der Waals surface area contributed by atoms with E-state index in [9.17, 15) is 13.2 Å². The molecule has 1 atom stereocenters. The zero-order valence-corrected chi connectivity index (χ0v) is 10.3. The second-order valence-electron chi connectivity index (χ2n) is 4.38. The molecule has 6 heteroatoms. The van der Waals surface area contributed by atoms with E-state index in [2.05, 4.69) is 4.99 Å². The monoisotopic (exact) mass is 272 g/mol. The minimum Gasteiger partial charge on any atom is -0.475 e. The first kappa shape index (κ1) is 13.9. The molecule has 0 amide bonds. The molecule has 104 valence electrons. The lowest BCUT2D eigenvalue weighted by molar-refractivity contribution is -0.138.